The third-order valence-electron chi connectivity index (χ3n) is 4.46. The highest BCUT2D eigenvalue weighted by molar-refractivity contribution is 9.10. The molecule has 3 rings (SSSR count). The summed E-state index contributed by atoms with van der Waals surface area (Å²) in [4.78, 5) is 2.34. The van der Waals surface area contributed by atoms with Crippen LogP contribution in [0.5, 0.6) is 0 Å². The molecule has 1 aromatic rings. The molecule has 138 valence electrons. The molecule has 2 fully saturated rings. The summed E-state index contributed by atoms with van der Waals surface area (Å²) in [6.45, 7) is 3.57. The summed E-state index contributed by atoms with van der Waals surface area (Å²) in [5, 5.41) is 3.92. The van der Waals surface area contributed by atoms with Crippen molar-refractivity contribution < 1.29 is 13.2 Å². The van der Waals surface area contributed by atoms with Gasteiger partial charge in [-0.05, 0) is 43.3 Å². The first-order valence-electron chi connectivity index (χ1n) is 8.37. The lowest BCUT2D eigenvalue weighted by Gasteiger charge is -2.35. The molecule has 1 N–H and O–H groups in total. The van der Waals surface area contributed by atoms with Gasteiger partial charge in [0.1, 0.15) is 0 Å². The summed E-state index contributed by atoms with van der Waals surface area (Å²) in [5.74, 6) is 0. The Morgan fingerprint density at radius 3 is 2.72 bits per heavy atom. The molecule has 2 heterocycles. The number of ether oxygens (including phenoxy) is 1. The first-order chi connectivity index (χ1) is 12.0. The SMILES string of the molecule is O=S(=O)(c1cccc(Br)c1)N1CCN(C(=S)NC[C@@H]2CCCO2)CC1. The molecule has 0 saturated carbocycles. The standard InChI is InChI=1S/C16H22BrN3O3S2/c17-13-3-1-5-15(11-13)25(21,22)20-8-6-19(7-9-20)16(24)18-12-14-4-2-10-23-14/h1,3,5,11,14H,2,4,6-10,12H2,(H,18,24)/t14-/m0/s1. The summed E-state index contributed by atoms with van der Waals surface area (Å²) >= 11 is 8.76. The van der Waals surface area contributed by atoms with Crippen molar-refractivity contribution in [3.63, 3.8) is 0 Å². The Morgan fingerprint density at radius 2 is 2.08 bits per heavy atom. The first-order valence-corrected chi connectivity index (χ1v) is 11.0. The largest absolute Gasteiger partial charge is 0.376 e. The number of nitrogens with zero attached hydrogens (tertiary/aromatic N) is 2. The third kappa shape index (κ3) is 4.71. The number of hydrogen-bond acceptors (Lipinski definition) is 4. The van der Waals surface area contributed by atoms with Crippen molar-refractivity contribution in [3.05, 3.63) is 28.7 Å². The lowest BCUT2D eigenvalue weighted by Crippen LogP contribution is -2.53. The number of rotatable bonds is 4. The van der Waals surface area contributed by atoms with E-state index < -0.39 is 10.0 Å². The molecular formula is C16H22BrN3O3S2. The number of sulfonamides is 1. The van der Waals surface area contributed by atoms with Gasteiger partial charge in [0, 0.05) is 43.8 Å². The molecular weight excluding hydrogens is 426 g/mol. The fraction of sp³-hybridized carbons (Fsp3) is 0.562. The van der Waals surface area contributed by atoms with Gasteiger partial charge in [-0.15, -0.1) is 0 Å². The van der Waals surface area contributed by atoms with Crippen molar-refractivity contribution in [1.82, 2.24) is 14.5 Å². The van der Waals surface area contributed by atoms with E-state index in [0.29, 0.717) is 36.2 Å². The number of nitrogens with one attached hydrogen (secondary N) is 1. The van der Waals surface area contributed by atoms with Gasteiger partial charge in [-0.2, -0.15) is 4.31 Å². The molecule has 6 nitrogen and oxygen atoms in total. The lowest BCUT2D eigenvalue weighted by atomic mass is 10.2. The Balaban J connectivity index is 1.53. The molecule has 2 aliphatic rings. The Labute approximate surface area is 162 Å². The van der Waals surface area contributed by atoms with E-state index in [1.807, 2.05) is 11.0 Å². The minimum Gasteiger partial charge on any atom is -0.376 e. The minimum atomic E-state index is -3.47. The second-order valence-electron chi connectivity index (χ2n) is 6.17. The van der Waals surface area contributed by atoms with E-state index in [-0.39, 0.29) is 6.10 Å². The van der Waals surface area contributed by atoms with E-state index in [2.05, 4.69) is 21.2 Å². The van der Waals surface area contributed by atoms with Crippen LogP contribution in [0.4, 0.5) is 0 Å². The highest BCUT2D eigenvalue weighted by Crippen LogP contribution is 2.21. The van der Waals surface area contributed by atoms with Crippen LogP contribution in [0.2, 0.25) is 0 Å². The number of piperazine rings is 1. The van der Waals surface area contributed by atoms with Crippen LogP contribution < -0.4 is 5.32 Å². The Bertz CT molecular complexity index is 715. The zero-order valence-electron chi connectivity index (χ0n) is 13.9. The van der Waals surface area contributed by atoms with Crippen LogP contribution in [0.25, 0.3) is 0 Å². The van der Waals surface area contributed by atoms with Gasteiger partial charge in [0.05, 0.1) is 11.0 Å². The number of hydrogen-bond donors (Lipinski definition) is 1. The normalized spacial score (nSPS) is 22.1. The summed E-state index contributed by atoms with van der Waals surface area (Å²) in [6.07, 6.45) is 2.40. The molecule has 0 radical (unpaired) electrons. The molecule has 0 bridgehead atoms. The van der Waals surface area contributed by atoms with Crippen LogP contribution in [0.1, 0.15) is 12.8 Å². The Hall–Kier alpha value is -0.740. The van der Waals surface area contributed by atoms with E-state index in [1.54, 1.807) is 18.2 Å². The second-order valence-corrected chi connectivity index (χ2v) is 9.41. The maximum atomic E-state index is 12.7. The molecule has 0 amide bonds. The van der Waals surface area contributed by atoms with Crippen molar-refractivity contribution in [3.8, 4) is 0 Å². The summed E-state index contributed by atoms with van der Waals surface area (Å²) in [5.41, 5.74) is 0. The molecule has 0 aromatic heterocycles. The van der Waals surface area contributed by atoms with E-state index in [4.69, 9.17) is 17.0 Å². The van der Waals surface area contributed by atoms with Gasteiger partial charge in [-0.3, -0.25) is 0 Å². The quantitative estimate of drug-likeness (QED) is 0.710. The van der Waals surface area contributed by atoms with Gasteiger partial charge in [0.2, 0.25) is 10.0 Å². The zero-order valence-corrected chi connectivity index (χ0v) is 17.1. The highest BCUT2D eigenvalue weighted by atomic mass is 79.9. The molecule has 9 heteroatoms. The molecule has 2 aliphatic heterocycles. The predicted octanol–water partition coefficient (Wildman–Crippen LogP) is 1.81. The highest BCUT2D eigenvalue weighted by Gasteiger charge is 2.29. The third-order valence-corrected chi connectivity index (χ3v) is 7.26. The fourth-order valence-electron chi connectivity index (χ4n) is 3.03. The van der Waals surface area contributed by atoms with Gasteiger partial charge in [0.15, 0.2) is 5.11 Å². The number of benzene rings is 1. The number of halogens is 1. The molecule has 0 aliphatic carbocycles. The molecule has 0 spiro atoms. The van der Waals surface area contributed by atoms with Gasteiger partial charge in [0.25, 0.3) is 0 Å². The lowest BCUT2D eigenvalue weighted by molar-refractivity contribution is 0.113. The summed E-state index contributed by atoms with van der Waals surface area (Å²) in [6, 6.07) is 6.81. The van der Waals surface area contributed by atoms with Crippen LogP contribution in [0.15, 0.2) is 33.6 Å². The van der Waals surface area contributed by atoms with Crippen molar-refractivity contribution in [2.24, 2.45) is 0 Å². The van der Waals surface area contributed by atoms with Crippen LogP contribution in [-0.2, 0) is 14.8 Å². The smallest absolute Gasteiger partial charge is 0.243 e. The zero-order chi connectivity index (χ0) is 17.9. The maximum absolute atomic E-state index is 12.7. The molecule has 1 aromatic carbocycles. The minimum absolute atomic E-state index is 0.233. The van der Waals surface area contributed by atoms with Crippen LogP contribution in [0, 0.1) is 0 Å². The van der Waals surface area contributed by atoms with E-state index in [1.165, 1.54) is 4.31 Å². The summed E-state index contributed by atoms with van der Waals surface area (Å²) < 4.78 is 33.3. The van der Waals surface area contributed by atoms with Gasteiger partial charge in [-0.25, -0.2) is 8.42 Å². The van der Waals surface area contributed by atoms with Gasteiger partial charge in [-0.1, -0.05) is 22.0 Å². The molecule has 25 heavy (non-hydrogen) atoms. The van der Waals surface area contributed by atoms with Crippen molar-refractivity contribution >= 4 is 43.3 Å². The molecule has 0 unspecified atom stereocenters. The van der Waals surface area contributed by atoms with Crippen LogP contribution in [0.3, 0.4) is 0 Å². The predicted molar refractivity (Wildman–Crippen MR) is 104 cm³/mol. The monoisotopic (exact) mass is 447 g/mol. The van der Waals surface area contributed by atoms with Crippen molar-refractivity contribution in [1.29, 1.82) is 0 Å². The van der Waals surface area contributed by atoms with Gasteiger partial charge >= 0.3 is 0 Å². The van der Waals surface area contributed by atoms with E-state index >= 15 is 0 Å². The molecule has 1 atom stereocenters. The molecule has 2 saturated heterocycles. The fourth-order valence-corrected chi connectivity index (χ4v) is 5.31. The topological polar surface area (TPSA) is 61.9 Å². The second kappa shape index (κ2) is 8.30. The number of thiocarbonyl (C=S) groups is 1. The average molecular weight is 448 g/mol. The van der Waals surface area contributed by atoms with Crippen LogP contribution in [-0.4, -0.2) is 68.2 Å². The summed E-state index contributed by atoms with van der Waals surface area (Å²) in [7, 11) is -3.47. The Morgan fingerprint density at radius 1 is 1.32 bits per heavy atom. The van der Waals surface area contributed by atoms with Crippen LogP contribution >= 0.6 is 28.1 Å². The maximum Gasteiger partial charge on any atom is 0.243 e. The van der Waals surface area contributed by atoms with E-state index in [9.17, 15) is 8.42 Å². The average Bonchev–Trinajstić information content (AvgIpc) is 3.13. The van der Waals surface area contributed by atoms with Crippen molar-refractivity contribution in [2.45, 2.75) is 23.8 Å². The van der Waals surface area contributed by atoms with E-state index in [0.717, 1.165) is 30.5 Å². The Kier molecular flexibility index (Phi) is 6.32. The van der Waals surface area contributed by atoms with Crippen molar-refractivity contribution in [2.75, 3.05) is 39.3 Å². The first kappa shape index (κ1) is 19.0. The van der Waals surface area contributed by atoms with Gasteiger partial charge < -0.3 is 15.0 Å².